The van der Waals surface area contributed by atoms with Crippen LogP contribution in [0.15, 0.2) is 18.2 Å². The number of nitrogens with zero attached hydrogens (tertiary/aromatic N) is 1. The van der Waals surface area contributed by atoms with Crippen molar-refractivity contribution in [2.75, 3.05) is 60.2 Å². The number of ketones is 1. The highest BCUT2D eigenvalue weighted by atomic mass is 16.5. The van der Waals surface area contributed by atoms with E-state index >= 15 is 0 Å². The van der Waals surface area contributed by atoms with Crippen LogP contribution in [0.1, 0.15) is 50.9 Å². The second kappa shape index (κ2) is 15.9. The Morgan fingerprint density at radius 1 is 1.11 bits per heavy atom. The molecule has 0 aromatic heterocycles. The van der Waals surface area contributed by atoms with E-state index in [4.69, 9.17) is 14.2 Å². The van der Waals surface area contributed by atoms with Crippen LogP contribution in [-0.2, 0) is 9.53 Å². The van der Waals surface area contributed by atoms with Gasteiger partial charge >= 0.3 is 0 Å². The zero-order chi connectivity index (χ0) is 27.4. The van der Waals surface area contributed by atoms with Gasteiger partial charge in [-0.3, -0.25) is 9.59 Å². The Labute approximate surface area is 222 Å². The molecule has 0 spiro atoms. The molecule has 1 amide bonds. The molecule has 0 saturated carbocycles. The fraction of sp³-hybridized carbons (Fsp3) is 0.714. The van der Waals surface area contributed by atoms with Crippen molar-refractivity contribution in [3.63, 3.8) is 0 Å². The lowest BCUT2D eigenvalue weighted by Crippen LogP contribution is -2.43. The van der Waals surface area contributed by atoms with Crippen molar-refractivity contribution in [2.24, 2.45) is 17.8 Å². The number of nitrogens with one attached hydrogen (secondary N) is 2. The normalized spacial score (nSPS) is 18.3. The van der Waals surface area contributed by atoms with Gasteiger partial charge in [0.25, 0.3) is 5.91 Å². The number of amides is 1. The van der Waals surface area contributed by atoms with E-state index in [1.54, 1.807) is 32.4 Å². The molecule has 9 heteroatoms. The summed E-state index contributed by atoms with van der Waals surface area (Å²) in [4.78, 5) is 27.7. The Bertz CT molecular complexity index is 847. The number of carbonyl (C=O) groups is 2. The number of aliphatic hydroxyl groups excluding tert-OH is 1. The fourth-order valence-electron chi connectivity index (χ4n) is 4.57. The number of aliphatic hydroxyl groups is 1. The summed E-state index contributed by atoms with van der Waals surface area (Å²) in [5.74, 6) is 1.70. The van der Waals surface area contributed by atoms with E-state index in [0.29, 0.717) is 49.8 Å². The quantitative estimate of drug-likeness (QED) is 0.268. The molecule has 0 bridgehead atoms. The topological polar surface area (TPSA) is 109 Å². The molecule has 37 heavy (non-hydrogen) atoms. The van der Waals surface area contributed by atoms with E-state index < -0.39 is 6.10 Å². The second-order valence-corrected chi connectivity index (χ2v) is 10.5. The summed E-state index contributed by atoms with van der Waals surface area (Å²) >= 11 is 0. The highest BCUT2D eigenvalue weighted by Crippen LogP contribution is 2.29. The van der Waals surface area contributed by atoms with Crippen molar-refractivity contribution in [3.05, 3.63) is 23.8 Å². The van der Waals surface area contributed by atoms with Crippen LogP contribution in [0.5, 0.6) is 11.5 Å². The van der Waals surface area contributed by atoms with E-state index in [9.17, 15) is 14.7 Å². The minimum Gasteiger partial charge on any atom is -0.493 e. The first-order valence-electron chi connectivity index (χ1n) is 13.4. The maximum absolute atomic E-state index is 13.6. The van der Waals surface area contributed by atoms with Crippen LogP contribution >= 0.6 is 0 Å². The molecule has 0 aliphatic carbocycles. The van der Waals surface area contributed by atoms with Crippen LogP contribution < -0.4 is 20.1 Å². The summed E-state index contributed by atoms with van der Waals surface area (Å²) in [6.45, 7) is 12.1. The summed E-state index contributed by atoms with van der Waals surface area (Å²) in [6, 6.07) is 5.32. The third-order valence-corrected chi connectivity index (χ3v) is 6.73. The predicted octanol–water partition coefficient (Wildman–Crippen LogP) is 2.36. The van der Waals surface area contributed by atoms with Crippen molar-refractivity contribution >= 4 is 11.7 Å². The van der Waals surface area contributed by atoms with Crippen molar-refractivity contribution in [2.45, 2.75) is 52.7 Å². The third-order valence-electron chi connectivity index (χ3n) is 6.73. The number of benzene rings is 1. The minimum atomic E-state index is -0.919. The number of hydrogen-bond donors (Lipinski definition) is 3. The number of rotatable bonds is 17. The first-order chi connectivity index (χ1) is 17.7. The first-order valence-corrected chi connectivity index (χ1v) is 13.4. The molecular formula is C28H47N3O6. The summed E-state index contributed by atoms with van der Waals surface area (Å²) in [7, 11) is 3.23. The molecule has 1 aliphatic rings. The lowest BCUT2D eigenvalue weighted by molar-refractivity contribution is -0.127. The van der Waals surface area contributed by atoms with Crippen molar-refractivity contribution in [1.82, 2.24) is 15.5 Å². The van der Waals surface area contributed by atoms with Gasteiger partial charge in [0.05, 0.1) is 20.3 Å². The van der Waals surface area contributed by atoms with E-state index in [-0.39, 0.29) is 42.0 Å². The summed E-state index contributed by atoms with van der Waals surface area (Å²) < 4.78 is 16.4. The van der Waals surface area contributed by atoms with Gasteiger partial charge in [0, 0.05) is 44.8 Å². The molecule has 2 rings (SSSR count). The van der Waals surface area contributed by atoms with Gasteiger partial charge in [-0.05, 0) is 69.3 Å². The Kier molecular flexibility index (Phi) is 13.3. The van der Waals surface area contributed by atoms with Gasteiger partial charge in [-0.2, -0.15) is 0 Å². The number of carbonyl (C=O) groups excluding carboxylic acids is 2. The molecule has 1 fully saturated rings. The molecular weight excluding hydrogens is 474 g/mol. The number of ether oxygens (including phenoxy) is 3. The zero-order valence-electron chi connectivity index (χ0n) is 23.4. The summed E-state index contributed by atoms with van der Waals surface area (Å²) in [6.07, 6.45) is 0.296. The van der Waals surface area contributed by atoms with Crippen LogP contribution in [0, 0.1) is 17.8 Å². The van der Waals surface area contributed by atoms with Crippen LogP contribution in [0.25, 0.3) is 0 Å². The predicted molar refractivity (Wildman–Crippen MR) is 144 cm³/mol. The van der Waals surface area contributed by atoms with Gasteiger partial charge in [0.1, 0.15) is 6.10 Å². The van der Waals surface area contributed by atoms with Crippen molar-refractivity contribution in [3.8, 4) is 11.5 Å². The van der Waals surface area contributed by atoms with Crippen molar-refractivity contribution in [1.29, 1.82) is 0 Å². The fourth-order valence-corrected chi connectivity index (χ4v) is 4.57. The van der Waals surface area contributed by atoms with E-state index in [1.165, 1.54) is 0 Å². The van der Waals surface area contributed by atoms with Gasteiger partial charge in [0.15, 0.2) is 17.3 Å². The highest BCUT2D eigenvalue weighted by molar-refractivity contribution is 5.95. The Morgan fingerprint density at radius 2 is 1.84 bits per heavy atom. The van der Waals surface area contributed by atoms with Gasteiger partial charge in [0.2, 0.25) is 0 Å². The van der Waals surface area contributed by atoms with Gasteiger partial charge < -0.3 is 34.9 Å². The molecule has 9 nitrogen and oxygen atoms in total. The molecule has 1 saturated heterocycles. The number of Topliss-reactive ketones (excluding diaryl/α,β-unsaturated/α-hetero) is 1. The number of methoxy groups -OCH3 is 2. The molecule has 1 aromatic rings. The van der Waals surface area contributed by atoms with Crippen molar-refractivity contribution < 1.29 is 28.9 Å². The van der Waals surface area contributed by atoms with Gasteiger partial charge in [-0.1, -0.05) is 13.8 Å². The lowest BCUT2D eigenvalue weighted by atomic mass is 9.94. The largest absolute Gasteiger partial charge is 0.493 e. The molecule has 1 aliphatic heterocycles. The zero-order valence-corrected chi connectivity index (χ0v) is 23.4. The Morgan fingerprint density at radius 3 is 2.49 bits per heavy atom. The molecule has 1 heterocycles. The molecule has 3 N–H and O–H groups in total. The van der Waals surface area contributed by atoms with Crippen LogP contribution in [0.2, 0.25) is 0 Å². The second-order valence-electron chi connectivity index (χ2n) is 10.5. The maximum atomic E-state index is 13.6. The molecule has 1 unspecified atom stereocenters. The van der Waals surface area contributed by atoms with Gasteiger partial charge in [-0.15, -0.1) is 0 Å². The van der Waals surface area contributed by atoms with Crippen LogP contribution in [0.4, 0.5) is 0 Å². The molecule has 1 aromatic carbocycles. The molecule has 210 valence electrons. The monoisotopic (exact) mass is 521 g/mol. The molecule has 3 atom stereocenters. The summed E-state index contributed by atoms with van der Waals surface area (Å²) in [5, 5.41) is 16.7. The minimum absolute atomic E-state index is 0.0163. The van der Waals surface area contributed by atoms with E-state index in [2.05, 4.69) is 10.6 Å². The van der Waals surface area contributed by atoms with Crippen LogP contribution in [-0.4, -0.2) is 94.0 Å². The first kappa shape index (κ1) is 31.0. The smallest absolute Gasteiger partial charge is 0.254 e. The van der Waals surface area contributed by atoms with Crippen LogP contribution in [0.3, 0.4) is 0 Å². The van der Waals surface area contributed by atoms with E-state index in [0.717, 1.165) is 19.5 Å². The number of hydrogen-bond acceptors (Lipinski definition) is 8. The van der Waals surface area contributed by atoms with E-state index in [1.807, 2.05) is 32.6 Å². The highest BCUT2D eigenvalue weighted by Gasteiger charge is 2.32. The third kappa shape index (κ3) is 9.89. The molecule has 0 radical (unpaired) electrons. The lowest BCUT2D eigenvalue weighted by Gasteiger charge is -2.32. The standard InChI is InChI=1S/C28H47N3O6/c1-19(2)12-24(32)25(33)17-30-15-22-14-29-16-23(22)18-31(20(3)4)28(34)21-8-9-26(36-6)27(13-21)37-11-7-10-35-5/h8-9,13,19-20,22-24,29-30,32H,7,10-12,14-18H2,1-6H3/t22-,23-,24?/m0/s1. The SMILES string of the molecule is COCCCOc1cc(C(=O)N(C[C@@H]2CNC[C@H]2CNCC(=O)C(O)CC(C)C)C(C)C)ccc1OC. The maximum Gasteiger partial charge on any atom is 0.254 e. The Balaban J connectivity index is 2.01. The average Bonchev–Trinajstić information content (AvgIpc) is 3.30. The summed E-state index contributed by atoms with van der Waals surface area (Å²) in [5.41, 5.74) is 0.557. The van der Waals surface area contributed by atoms with Gasteiger partial charge in [-0.25, -0.2) is 0 Å². The average molecular weight is 522 g/mol. The Hall–Kier alpha value is -2.20.